The van der Waals surface area contributed by atoms with Gasteiger partial charge in [0.15, 0.2) is 0 Å². The molecular formula is C17H25ClN2O3. The fourth-order valence-electron chi connectivity index (χ4n) is 3.06. The summed E-state index contributed by atoms with van der Waals surface area (Å²) < 4.78 is 5.21. The lowest BCUT2D eigenvalue weighted by Gasteiger charge is -2.28. The van der Waals surface area contributed by atoms with Crippen LogP contribution >= 0.6 is 11.6 Å². The van der Waals surface area contributed by atoms with Gasteiger partial charge in [0.2, 0.25) is 5.91 Å². The van der Waals surface area contributed by atoms with E-state index in [9.17, 15) is 9.90 Å². The van der Waals surface area contributed by atoms with Crippen molar-refractivity contribution in [1.29, 1.82) is 0 Å². The summed E-state index contributed by atoms with van der Waals surface area (Å²) in [7, 11) is 3.48. The van der Waals surface area contributed by atoms with Crippen LogP contribution in [-0.4, -0.2) is 48.8 Å². The van der Waals surface area contributed by atoms with E-state index in [1.165, 1.54) is 0 Å². The van der Waals surface area contributed by atoms with Gasteiger partial charge in [-0.2, -0.15) is 0 Å². The first-order valence-electron chi connectivity index (χ1n) is 7.96. The molecule has 0 spiro atoms. The Kier molecular flexibility index (Phi) is 6.27. The maximum Gasteiger partial charge on any atom is 0.225 e. The number of carbonyl (C=O) groups is 1. The van der Waals surface area contributed by atoms with E-state index in [-0.39, 0.29) is 5.91 Å². The van der Waals surface area contributed by atoms with Crippen LogP contribution in [0.1, 0.15) is 32.1 Å². The smallest absolute Gasteiger partial charge is 0.225 e. The topological polar surface area (TPSA) is 61.8 Å². The summed E-state index contributed by atoms with van der Waals surface area (Å²) in [6.45, 7) is 1.21. The summed E-state index contributed by atoms with van der Waals surface area (Å²) in [4.78, 5) is 14.1. The standard InChI is InChI=1S/C17H25ClN2O3/c1-20(12-17(22)8-3-4-9-17)10-7-16(21)19-14-11-13(18)5-6-15(14)23-2/h5-6,11,22H,3-4,7-10,12H2,1-2H3,(H,19,21). The van der Waals surface area contributed by atoms with Crippen LogP contribution < -0.4 is 10.1 Å². The van der Waals surface area contributed by atoms with E-state index in [2.05, 4.69) is 5.32 Å². The average Bonchev–Trinajstić information content (AvgIpc) is 2.91. The molecule has 1 aliphatic rings. The van der Waals surface area contributed by atoms with Crippen LogP contribution in [0.4, 0.5) is 5.69 Å². The number of halogens is 1. The van der Waals surface area contributed by atoms with Gasteiger partial charge < -0.3 is 20.1 Å². The highest BCUT2D eigenvalue weighted by Crippen LogP contribution is 2.30. The molecule has 1 aliphatic carbocycles. The number of nitrogens with zero attached hydrogens (tertiary/aromatic N) is 1. The molecular weight excluding hydrogens is 316 g/mol. The van der Waals surface area contributed by atoms with Gasteiger partial charge >= 0.3 is 0 Å². The second kappa shape index (κ2) is 7.99. The van der Waals surface area contributed by atoms with Crippen molar-refractivity contribution in [2.24, 2.45) is 0 Å². The largest absolute Gasteiger partial charge is 0.495 e. The van der Waals surface area contributed by atoms with Crippen LogP contribution in [-0.2, 0) is 4.79 Å². The maximum absolute atomic E-state index is 12.1. The molecule has 6 heteroatoms. The molecule has 0 heterocycles. The van der Waals surface area contributed by atoms with Crippen LogP contribution in [0.5, 0.6) is 5.75 Å². The van der Waals surface area contributed by atoms with Gasteiger partial charge in [-0.25, -0.2) is 0 Å². The Morgan fingerprint density at radius 1 is 1.43 bits per heavy atom. The van der Waals surface area contributed by atoms with Crippen LogP contribution in [0.3, 0.4) is 0 Å². The van der Waals surface area contributed by atoms with Crippen molar-refractivity contribution in [3.05, 3.63) is 23.2 Å². The summed E-state index contributed by atoms with van der Waals surface area (Å²) in [6.07, 6.45) is 4.22. The summed E-state index contributed by atoms with van der Waals surface area (Å²) >= 11 is 5.95. The summed E-state index contributed by atoms with van der Waals surface area (Å²) in [5, 5.41) is 13.8. The molecule has 2 rings (SSSR count). The van der Waals surface area contributed by atoms with E-state index in [0.29, 0.717) is 36.0 Å². The van der Waals surface area contributed by atoms with Crippen molar-refractivity contribution in [1.82, 2.24) is 4.90 Å². The first-order chi connectivity index (χ1) is 10.9. The lowest BCUT2D eigenvalue weighted by Crippen LogP contribution is -2.40. The van der Waals surface area contributed by atoms with Crippen molar-refractivity contribution in [2.45, 2.75) is 37.7 Å². The van der Waals surface area contributed by atoms with Crippen molar-refractivity contribution >= 4 is 23.2 Å². The molecule has 0 unspecified atom stereocenters. The van der Waals surface area contributed by atoms with Crippen molar-refractivity contribution in [3.63, 3.8) is 0 Å². The molecule has 2 N–H and O–H groups in total. The number of ether oxygens (including phenoxy) is 1. The highest BCUT2D eigenvalue weighted by molar-refractivity contribution is 6.31. The van der Waals surface area contributed by atoms with E-state index in [4.69, 9.17) is 16.3 Å². The van der Waals surface area contributed by atoms with Gasteiger partial charge in [0.05, 0.1) is 18.4 Å². The summed E-state index contributed by atoms with van der Waals surface area (Å²) in [5.74, 6) is 0.479. The van der Waals surface area contributed by atoms with E-state index in [1.807, 2.05) is 11.9 Å². The second-order valence-corrected chi connectivity index (χ2v) is 6.75. The molecule has 23 heavy (non-hydrogen) atoms. The molecule has 128 valence electrons. The molecule has 0 radical (unpaired) electrons. The number of aliphatic hydroxyl groups is 1. The molecule has 0 atom stereocenters. The van der Waals surface area contributed by atoms with Gasteiger partial charge in [-0.3, -0.25) is 4.79 Å². The zero-order valence-electron chi connectivity index (χ0n) is 13.8. The van der Waals surface area contributed by atoms with E-state index in [0.717, 1.165) is 25.7 Å². The summed E-state index contributed by atoms with van der Waals surface area (Å²) in [6, 6.07) is 5.11. The monoisotopic (exact) mass is 340 g/mol. The number of nitrogens with one attached hydrogen (secondary N) is 1. The number of hydrogen-bond acceptors (Lipinski definition) is 4. The minimum atomic E-state index is -0.582. The normalized spacial score (nSPS) is 16.6. The van der Waals surface area contributed by atoms with Gasteiger partial charge in [0.25, 0.3) is 0 Å². The second-order valence-electron chi connectivity index (χ2n) is 6.31. The Bertz CT molecular complexity index is 545. The minimum absolute atomic E-state index is 0.101. The van der Waals surface area contributed by atoms with Gasteiger partial charge in [-0.15, -0.1) is 0 Å². The predicted octanol–water partition coefficient (Wildman–Crippen LogP) is 2.91. The molecule has 1 amide bonds. The van der Waals surface area contributed by atoms with E-state index in [1.54, 1.807) is 25.3 Å². The van der Waals surface area contributed by atoms with E-state index < -0.39 is 5.60 Å². The van der Waals surface area contributed by atoms with Crippen LogP contribution in [0, 0.1) is 0 Å². The first kappa shape index (κ1) is 18.0. The molecule has 0 aliphatic heterocycles. The molecule has 5 nitrogen and oxygen atoms in total. The number of anilines is 1. The maximum atomic E-state index is 12.1. The highest BCUT2D eigenvalue weighted by Gasteiger charge is 2.32. The quantitative estimate of drug-likeness (QED) is 0.801. The van der Waals surface area contributed by atoms with Crippen molar-refractivity contribution in [2.75, 3.05) is 32.6 Å². The number of benzene rings is 1. The zero-order chi connectivity index (χ0) is 16.9. The lowest BCUT2D eigenvalue weighted by molar-refractivity contribution is -0.116. The third kappa shape index (κ3) is 5.37. The zero-order valence-corrected chi connectivity index (χ0v) is 14.5. The van der Waals surface area contributed by atoms with Crippen LogP contribution in [0.15, 0.2) is 18.2 Å². The first-order valence-corrected chi connectivity index (χ1v) is 8.34. The van der Waals surface area contributed by atoms with Crippen LogP contribution in [0.25, 0.3) is 0 Å². The molecule has 1 aromatic rings. The fourth-order valence-corrected chi connectivity index (χ4v) is 3.23. The lowest BCUT2D eigenvalue weighted by atomic mass is 10.0. The predicted molar refractivity (Wildman–Crippen MR) is 92.2 cm³/mol. The van der Waals surface area contributed by atoms with Crippen molar-refractivity contribution in [3.8, 4) is 5.75 Å². The van der Waals surface area contributed by atoms with E-state index >= 15 is 0 Å². The molecule has 0 saturated heterocycles. The molecule has 1 aromatic carbocycles. The summed E-state index contributed by atoms with van der Waals surface area (Å²) in [5.41, 5.74) is -0.0106. The fraction of sp³-hybridized carbons (Fsp3) is 0.588. The number of amides is 1. The Balaban J connectivity index is 1.82. The highest BCUT2D eigenvalue weighted by atomic mass is 35.5. The number of likely N-dealkylation sites (N-methyl/N-ethyl adjacent to an activating group) is 1. The van der Waals surface area contributed by atoms with Gasteiger partial charge in [-0.05, 0) is 38.1 Å². The SMILES string of the molecule is COc1ccc(Cl)cc1NC(=O)CCN(C)CC1(O)CCCC1. The number of hydrogen-bond donors (Lipinski definition) is 2. The molecule has 1 fully saturated rings. The Hall–Kier alpha value is -1.30. The van der Waals surface area contributed by atoms with Gasteiger partial charge in [0, 0.05) is 24.5 Å². The molecule has 1 saturated carbocycles. The average molecular weight is 341 g/mol. The number of rotatable bonds is 7. The van der Waals surface area contributed by atoms with Crippen LogP contribution in [0.2, 0.25) is 5.02 Å². The Morgan fingerprint density at radius 3 is 2.78 bits per heavy atom. The third-order valence-corrected chi connectivity index (χ3v) is 4.49. The minimum Gasteiger partial charge on any atom is -0.495 e. The third-order valence-electron chi connectivity index (χ3n) is 4.25. The van der Waals surface area contributed by atoms with Crippen molar-refractivity contribution < 1.29 is 14.6 Å². The van der Waals surface area contributed by atoms with Gasteiger partial charge in [0.1, 0.15) is 5.75 Å². The number of carbonyl (C=O) groups excluding carboxylic acids is 1. The Labute approximate surface area is 142 Å². The molecule has 0 aromatic heterocycles. The molecule has 0 bridgehead atoms. The Morgan fingerprint density at radius 2 is 2.13 bits per heavy atom. The number of methoxy groups -OCH3 is 1. The van der Waals surface area contributed by atoms with Gasteiger partial charge in [-0.1, -0.05) is 24.4 Å².